The molecule has 1 N–H and O–H groups in total. The number of pyridine rings is 1. The summed E-state index contributed by atoms with van der Waals surface area (Å²) in [5, 5.41) is 2.99. The van der Waals surface area contributed by atoms with E-state index in [1.165, 1.54) is 14.0 Å². The van der Waals surface area contributed by atoms with E-state index in [1.807, 2.05) is 6.92 Å². The van der Waals surface area contributed by atoms with E-state index in [0.29, 0.717) is 27.6 Å². The summed E-state index contributed by atoms with van der Waals surface area (Å²) >= 11 is 6.25. The Morgan fingerprint density at radius 1 is 1.30 bits per heavy atom. The number of nitrogens with zero attached hydrogens (tertiary/aromatic N) is 1. The van der Waals surface area contributed by atoms with Crippen LogP contribution < -0.4 is 10.1 Å². The van der Waals surface area contributed by atoms with Gasteiger partial charge in [0.1, 0.15) is 11.4 Å². The predicted octanol–water partition coefficient (Wildman–Crippen LogP) is 3.28. The van der Waals surface area contributed by atoms with E-state index in [9.17, 15) is 9.59 Å². The third-order valence-electron chi connectivity index (χ3n) is 3.57. The fourth-order valence-electron chi connectivity index (χ4n) is 2.35. The Hall–Kier alpha value is -2.40. The molecule has 0 fully saturated rings. The van der Waals surface area contributed by atoms with Crippen molar-refractivity contribution in [3.63, 3.8) is 0 Å². The number of benzene rings is 1. The van der Waals surface area contributed by atoms with E-state index in [-0.39, 0.29) is 11.7 Å². The first-order chi connectivity index (χ1) is 10.9. The second-order valence-corrected chi connectivity index (χ2v) is 5.41. The normalized spacial score (nSPS) is 10.3. The SMILES string of the molecule is CNC(=O)c1ccc(-c2c(C)c(Cl)cc(C(C)=O)c2OC)cn1. The lowest BCUT2D eigenvalue weighted by Crippen LogP contribution is -2.18. The molecule has 1 aromatic carbocycles. The lowest BCUT2D eigenvalue weighted by Gasteiger charge is -2.16. The number of methoxy groups -OCH3 is 1. The van der Waals surface area contributed by atoms with Gasteiger partial charge in [0.15, 0.2) is 5.78 Å². The summed E-state index contributed by atoms with van der Waals surface area (Å²) in [5.41, 5.74) is 2.91. The number of hydrogen-bond donors (Lipinski definition) is 1. The third kappa shape index (κ3) is 3.19. The van der Waals surface area contributed by atoms with Crippen LogP contribution in [0, 0.1) is 6.92 Å². The number of rotatable bonds is 4. The van der Waals surface area contributed by atoms with Gasteiger partial charge in [0.05, 0.1) is 12.7 Å². The lowest BCUT2D eigenvalue weighted by molar-refractivity contribution is 0.0957. The van der Waals surface area contributed by atoms with Crippen LogP contribution in [0.3, 0.4) is 0 Å². The molecular formula is C17H17ClN2O3. The summed E-state index contributed by atoms with van der Waals surface area (Å²) < 4.78 is 5.44. The number of hydrogen-bond acceptors (Lipinski definition) is 4. The molecule has 120 valence electrons. The van der Waals surface area contributed by atoms with Crippen molar-refractivity contribution in [3.05, 3.63) is 46.2 Å². The molecule has 0 spiro atoms. The highest BCUT2D eigenvalue weighted by Gasteiger charge is 2.20. The van der Waals surface area contributed by atoms with Crippen LogP contribution in [0.15, 0.2) is 24.4 Å². The van der Waals surface area contributed by atoms with Crippen LogP contribution in [-0.4, -0.2) is 30.8 Å². The standard InChI is InChI=1S/C17H17ClN2O3/c1-9-13(18)7-12(10(2)21)16(23-4)15(9)11-5-6-14(20-8-11)17(22)19-3/h5-8H,1-4H3,(H,19,22). The molecule has 0 aliphatic carbocycles. The van der Waals surface area contributed by atoms with Gasteiger partial charge in [-0.2, -0.15) is 0 Å². The highest BCUT2D eigenvalue weighted by Crippen LogP contribution is 2.39. The molecule has 0 saturated carbocycles. The number of ketones is 1. The number of nitrogens with one attached hydrogen (secondary N) is 1. The number of halogens is 1. The highest BCUT2D eigenvalue weighted by molar-refractivity contribution is 6.32. The van der Waals surface area contributed by atoms with Crippen LogP contribution in [0.4, 0.5) is 0 Å². The lowest BCUT2D eigenvalue weighted by atomic mass is 9.96. The van der Waals surface area contributed by atoms with Gasteiger partial charge in [-0.05, 0) is 31.5 Å². The second kappa shape index (κ2) is 6.79. The molecule has 6 heteroatoms. The van der Waals surface area contributed by atoms with E-state index in [1.54, 1.807) is 31.4 Å². The smallest absolute Gasteiger partial charge is 0.269 e. The van der Waals surface area contributed by atoms with Gasteiger partial charge in [-0.15, -0.1) is 0 Å². The van der Waals surface area contributed by atoms with Crippen LogP contribution in [0.5, 0.6) is 5.75 Å². The molecule has 0 aliphatic heterocycles. The monoisotopic (exact) mass is 332 g/mol. The molecule has 1 heterocycles. The zero-order valence-corrected chi connectivity index (χ0v) is 14.1. The Labute approximate surface area is 139 Å². The first kappa shape index (κ1) is 17.0. The van der Waals surface area contributed by atoms with Gasteiger partial charge in [0.2, 0.25) is 0 Å². The Kier molecular flexibility index (Phi) is 5.01. The van der Waals surface area contributed by atoms with E-state index in [0.717, 1.165) is 11.1 Å². The first-order valence-electron chi connectivity index (χ1n) is 6.97. The van der Waals surface area contributed by atoms with Crippen LogP contribution in [0.2, 0.25) is 5.02 Å². The minimum Gasteiger partial charge on any atom is -0.495 e. The maximum absolute atomic E-state index is 11.8. The van der Waals surface area contributed by atoms with Crippen LogP contribution in [-0.2, 0) is 0 Å². The van der Waals surface area contributed by atoms with Crippen molar-refractivity contribution in [3.8, 4) is 16.9 Å². The summed E-state index contributed by atoms with van der Waals surface area (Å²) in [5.74, 6) is 0.0459. The number of ether oxygens (including phenoxy) is 1. The van der Waals surface area contributed by atoms with Gasteiger partial charge in [0.25, 0.3) is 5.91 Å². The summed E-state index contributed by atoms with van der Waals surface area (Å²) in [6.45, 7) is 3.30. The number of amides is 1. The van der Waals surface area contributed by atoms with Gasteiger partial charge >= 0.3 is 0 Å². The van der Waals surface area contributed by atoms with E-state index in [2.05, 4.69) is 10.3 Å². The third-order valence-corrected chi connectivity index (χ3v) is 3.96. The fraction of sp³-hybridized carbons (Fsp3) is 0.235. The zero-order chi connectivity index (χ0) is 17.1. The van der Waals surface area contributed by atoms with Crippen molar-refractivity contribution in [2.24, 2.45) is 0 Å². The van der Waals surface area contributed by atoms with E-state index in [4.69, 9.17) is 16.3 Å². The van der Waals surface area contributed by atoms with Crippen molar-refractivity contribution in [2.45, 2.75) is 13.8 Å². The minimum absolute atomic E-state index is 0.139. The molecule has 0 aliphatic rings. The Balaban J connectivity index is 2.67. The van der Waals surface area contributed by atoms with E-state index >= 15 is 0 Å². The average Bonchev–Trinajstić information content (AvgIpc) is 2.56. The fourth-order valence-corrected chi connectivity index (χ4v) is 2.55. The summed E-state index contributed by atoms with van der Waals surface area (Å²) in [4.78, 5) is 27.6. The molecule has 5 nitrogen and oxygen atoms in total. The number of carbonyl (C=O) groups excluding carboxylic acids is 2. The number of aromatic nitrogens is 1. The Bertz CT molecular complexity index is 770. The van der Waals surface area contributed by atoms with Gasteiger partial charge in [-0.25, -0.2) is 0 Å². The molecule has 0 saturated heterocycles. The zero-order valence-electron chi connectivity index (χ0n) is 13.4. The quantitative estimate of drug-likeness (QED) is 0.872. The average molecular weight is 333 g/mol. The molecule has 1 amide bonds. The molecule has 0 atom stereocenters. The van der Waals surface area contributed by atoms with Crippen molar-refractivity contribution in [2.75, 3.05) is 14.2 Å². The molecule has 2 aromatic rings. The predicted molar refractivity (Wildman–Crippen MR) is 89.4 cm³/mol. The Morgan fingerprint density at radius 3 is 2.48 bits per heavy atom. The van der Waals surface area contributed by atoms with Crippen molar-refractivity contribution in [1.29, 1.82) is 0 Å². The molecule has 1 aromatic heterocycles. The summed E-state index contributed by atoms with van der Waals surface area (Å²) in [6.07, 6.45) is 1.57. The highest BCUT2D eigenvalue weighted by atomic mass is 35.5. The molecule has 0 radical (unpaired) electrons. The maximum atomic E-state index is 11.8. The van der Waals surface area contributed by atoms with Crippen molar-refractivity contribution in [1.82, 2.24) is 10.3 Å². The number of carbonyl (C=O) groups is 2. The summed E-state index contributed by atoms with van der Waals surface area (Å²) in [6, 6.07) is 4.97. The molecular weight excluding hydrogens is 316 g/mol. The van der Waals surface area contributed by atoms with Crippen molar-refractivity contribution >= 4 is 23.3 Å². The minimum atomic E-state index is -0.268. The van der Waals surface area contributed by atoms with Gasteiger partial charge in [-0.1, -0.05) is 17.7 Å². The molecule has 0 bridgehead atoms. The number of Topliss-reactive ketones (excluding diaryl/α,β-unsaturated/α-hetero) is 1. The Morgan fingerprint density at radius 2 is 2.00 bits per heavy atom. The summed E-state index contributed by atoms with van der Waals surface area (Å²) in [7, 11) is 3.05. The van der Waals surface area contributed by atoms with Gasteiger partial charge in [-0.3, -0.25) is 14.6 Å². The van der Waals surface area contributed by atoms with Crippen LogP contribution >= 0.6 is 11.6 Å². The van der Waals surface area contributed by atoms with E-state index < -0.39 is 0 Å². The van der Waals surface area contributed by atoms with Crippen molar-refractivity contribution < 1.29 is 14.3 Å². The largest absolute Gasteiger partial charge is 0.495 e. The van der Waals surface area contributed by atoms with Gasteiger partial charge in [0, 0.05) is 29.4 Å². The first-order valence-corrected chi connectivity index (χ1v) is 7.35. The molecule has 0 unspecified atom stereocenters. The second-order valence-electron chi connectivity index (χ2n) is 5.01. The van der Waals surface area contributed by atoms with Crippen LogP contribution in [0.25, 0.3) is 11.1 Å². The molecule has 2 rings (SSSR count). The van der Waals surface area contributed by atoms with Crippen LogP contribution in [0.1, 0.15) is 33.3 Å². The van der Waals surface area contributed by atoms with Gasteiger partial charge < -0.3 is 10.1 Å². The molecule has 23 heavy (non-hydrogen) atoms. The topological polar surface area (TPSA) is 68.3 Å². The maximum Gasteiger partial charge on any atom is 0.269 e.